The van der Waals surface area contributed by atoms with E-state index in [0.717, 1.165) is 0 Å². The van der Waals surface area contributed by atoms with E-state index in [2.05, 4.69) is 10.1 Å². The number of hydrogen-bond acceptors (Lipinski definition) is 5. The van der Waals surface area contributed by atoms with Gasteiger partial charge in [-0.3, -0.25) is 4.79 Å². The van der Waals surface area contributed by atoms with Crippen LogP contribution in [0.1, 0.15) is 13.8 Å². The van der Waals surface area contributed by atoms with Crippen LogP contribution < -0.4 is 5.32 Å². The van der Waals surface area contributed by atoms with Crippen molar-refractivity contribution >= 4 is 11.9 Å². The van der Waals surface area contributed by atoms with Gasteiger partial charge in [0.1, 0.15) is 0 Å². The second kappa shape index (κ2) is 9.11. The van der Waals surface area contributed by atoms with Gasteiger partial charge in [0.15, 0.2) is 6.04 Å². The van der Waals surface area contributed by atoms with E-state index < -0.39 is 12.0 Å². The lowest BCUT2D eigenvalue weighted by Crippen LogP contribution is -2.43. The summed E-state index contributed by atoms with van der Waals surface area (Å²) in [5.41, 5.74) is 0. The second-order valence-corrected chi connectivity index (χ2v) is 3.05. The SMILES string of the molecule is CCOCCOCC(NC(C)=O)C(=O)OC. The minimum Gasteiger partial charge on any atom is -0.467 e. The molecule has 1 N–H and O–H groups in total. The molecular weight excluding hydrogens is 214 g/mol. The van der Waals surface area contributed by atoms with Gasteiger partial charge in [-0.2, -0.15) is 0 Å². The van der Waals surface area contributed by atoms with E-state index in [4.69, 9.17) is 9.47 Å². The van der Waals surface area contributed by atoms with Crippen LogP contribution in [0, 0.1) is 0 Å². The normalized spacial score (nSPS) is 11.9. The van der Waals surface area contributed by atoms with E-state index in [1.54, 1.807) is 0 Å². The van der Waals surface area contributed by atoms with E-state index >= 15 is 0 Å². The van der Waals surface area contributed by atoms with Gasteiger partial charge in [0.25, 0.3) is 0 Å². The zero-order valence-electron chi connectivity index (χ0n) is 9.95. The standard InChI is InChI=1S/C10H19NO5/c1-4-15-5-6-16-7-9(10(13)14-3)11-8(2)12/h9H,4-7H2,1-3H3,(H,11,12). The number of carbonyl (C=O) groups excluding carboxylic acids is 2. The van der Waals surface area contributed by atoms with E-state index in [0.29, 0.717) is 19.8 Å². The van der Waals surface area contributed by atoms with Crippen molar-refractivity contribution in [3.63, 3.8) is 0 Å². The van der Waals surface area contributed by atoms with Crippen molar-refractivity contribution in [2.75, 3.05) is 33.5 Å². The monoisotopic (exact) mass is 233 g/mol. The highest BCUT2D eigenvalue weighted by Gasteiger charge is 2.19. The highest BCUT2D eigenvalue weighted by Crippen LogP contribution is 1.91. The van der Waals surface area contributed by atoms with Crippen molar-refractivity contribution in [3.05, 3.63) is 0 Å². The molecule has 6 nitrogen and oxygen atoms in total. The third kappa shape index (κ3) is 7.19. The summed E-state index contributed by atoms with van der Waals surface area (Å²) in [6, 6.07) is -0.760. The topological polar surface area (TPSA) is 73.9 Å². The maximum absolute atomic E-state index is 11.2. The van der Waals surface area contributed by atoms with Crippen molar-refractivity contribution in [2.24, 2.45) is 0 Å². The molecule has 0 aromatic carbocycles. The lowest BCUT2D eigenvalue weighted by molar-refractivity contribution is -0.146. The first-order valence-electron chi connectivity index (χ1n) is 5.12. The molecule has 0 spiro atoms. The van der Waals surface area contributed by atoms with Gasteiger partial charge in [0.05, 0.1) is 26.9 Å². The summed E-state index contributed by atoms with van der Waals surface area (Å²) >= 11 is 0. The molecule has 0 aromatic heterocycles. The molecule has 1 unspecified atom stereocenters. The highest BCUT2D eigenvalue weighted by atomic mass is 16.5. The summed E-state index contributed by atoms with van der Waals surface area (Å²) in [5, 5.41) is 2.44. The maximum Gasteiger partial charge on any atom is 0.330 e. The summed E-state index contributed by atoms with van der Waals surface area (Å²) in [6.45, 7) is 4.75. The van der Waals surface area contributed by atoms with Crippen LogP contribution in [0.15, 0.2) is 0 Å². The Labute approximate surface area is 95.2 Å². The zero-order valence-corrected chi connectivity index (χ0v) is 9.95. The van der Waals surface area contributed by atoms with Crippen LogP contribution in [0.5, 0.6) is 0 Å². The van der Waals surface area contributed by atoms with Crippen LogP contribution >= 0.6 is 0 Å². The van der Waals surface area contributed by atoms with Crippen molar-refractivity contribution in [2.45, 2.75) is 19.9 Å². The number of methoxy groups -OCH3 is 1. The predicted molar refractivity (Wildman–Crippen MR) is 56.9 cm³/mol. The Morgan fingerprint density at radius 3 is 2.38 bits per heavy atom. The zero-order chi connectivity index (χ0) is 12.4. The third-order valence-corrected chi connectivity index (χ3v) is 1.72. The quantitative estimate of drug-likeness (QED) is 0.461. The van der Waals surface area contributed by atoms with Crippen LogP contribution in [-0.2, 0) is 23.8 Å². The van der Waals surface area contributed by atoms with Gasteiger partial charge in [0.2, 0.25) is 5.91 Å². The lowest BCUT2D eigenvalue weighted by Gasteiger charge is -2.15. The summed E-state index contributed by atoms with van der Waals surface area (Å²) in [4.78, 5) is 22.0. The van der Waals surface area contributed by atoms with Crippen molar-refractivity contribution in [1.29, 1.82) is 0 Å². The highest BCUT2D eigenvalue weighted by molar-refractivity contribution is 5.83. The Morgan fingerprint density at radius 1 is 1.25 bits per heavy atom. The molecule has 6 heteroatoms. The molecule has 16 heavy (non-hydrogen) atoms. The molecule has 0 aromatic rings. The van der Waals surface area contributed by atoms with Gasteiger partial charge in [-0.15, -0.1) is 0 Å². The summed E-state index contributed by atoms with van der Waals surface area (Å²) in [7, 11) is 1.26. The first kappa shape index (κ1) is 14.9. The largest absolute Gasteiger partial charge is 0.467 e. The first-order chi connectivity index (χ1) is 7.61. The summed E-state index contributed by atoms with van der Waals surface area (Å²) in [6.07, 6.45) is 0. The molecular formula is C10H19NO5. The summed E-state index contributed by atoms with van der Waals surface area (Å²) < 4.78 is 14.8. The minimum atomic E-state index is -0.760. The number of hydrogen-bond donors (Lipinski definition) is 1. The molecule has 0 saturated heterocycles. The number of esters is 1. The number of nitrogens with one attached hydrogen (secondary N) is 1. The van der Waals surface area contributed by atoms with Crippen LogP contribution in [0.4, 0.5) is 0 Å². The molecule has 0 saturated carbocycles. The Balaban J connectivity index is 3.83. The first-order valence-corrected chi connectivity index (χ1v) is 5.12. The number of amides is 1. The Bertz CT molecular complexity index is 219. The Morgan fingerprint density at radius 2 is 1.88 bits per heavy atom. The fourth-order valence-electron chi connectivity index (χ4n) is 1.02. The maximum atomic E-state index is 11.2. The molecule has 0 bridgehead atoms. The van der Waals surface area contributed by atoms with Crippen LogP contribution in [0.3, 0.4) is 0 Å². The fourth-order valence-corrected chi connectivity index (χ4v) is 1.02. The van der Waals surface area contributed by atoms with E-state index in [-0.39, 0.29) is 12.5 Å². The van der Waals surface area contributed by atoms with Gasteiger partial charge in [0, 0.05) is 13.5 Å². The van der Waals surface area contributed by atoms with Crippen molar-refractivity contribution < 1.29 is 23.8 Å². The van der Waals surface area contributed by atoms with E-state index in [9.17, 15) is 9.59 Å². The predicted octanol–water partition coefficient (Wildman–Crippen LogP) is -0.283. The van der Waals surface area contributed by atoms with Crippen LogP contribution in [-0.4, -0.2) is 51.5 Å². The van der Waals surface area contributed by atoms with Gasteiger partial charge in [-0.25, -0.2) is 4.79 Å². The smallest absolute Gasteiger partial charge is 0.330 e. The van der Waals surface area contributed by atoms with Crippen LogP contribution in [0.2, 0.25) is 0 Å². The minimum absolute atomic E-state index is 0.0827. The molecule has 0 fully saturated rings. The number of rotatable bonds is 8. The van der Waals surface area contributed by atoms with Gasteiger partial charge in [-0.05, 0) is 6.92 Å². The number of ether oxygens (including phenoxy) is 3. The van der Waals surface area contributed by atoms with Gasteiger partial charge in [-0.1, -0.05) is 0 Å². The molecule has 0 aliphatic carbocycles. The third-order valence-electron chi connectivity index (χ3n) is 1.72. The molecule has 0 aliphatic heterocycles. The van der Waals surface area contributed by atoms with Gasteiger partial charge < -0.3 is 19.5 Å². The van der Waals surface area contributed by atoms with Crippen molar-refractivity contribution in [3.8, 4) is 0 Å². The summed E-state index contributed by atoms with van der Waals surface area (Å²) in [5.74, 6) is -0.824. The van der Waals surface area contributed by atoms with E-state index in [1.165, 1.54) is 14.0 Å². The van der Waals surface area contributed by atoms with E-state index in [1.807, 2.05) is 6.92 Å². The molecule has 0 aliphatic rings. The Hall–Kier alpha value is -1.14. The molecule has 0 radical (unpaired) electrons. The average molecular weight is 233 g/mol. The fraction of sp³-hybridized carbons (Fsp3) is 0.800. The lowest BCUT2D eigenvalue weighted by atomic mass is 10.3. The van der Waals surface area contributed by atoms with Crippen molar-refractivity contribution in [1.82, 2.24) is 5.32 Å². The average Bonchev–Trinajstić information content (AvgIpc) is 2.25. The number of carbonyl (C=O) groups is 2. The van der Waals surface area contributed by atoms with Gasteiger partial charge >= 0.3 is 5.97 Å². The van der Waals surface area contributed by atoms with Crippen LogP contribution in [0.25, 0.3) is 0 Å². The molecule has 1 atom stereocenters. The molecule has 94 valence electrons. The second-order valence-electron chi connectivity index (χ2n) is 3.05. The molecule has 1 amide bonds. The molecule has 0 rings (SSSR count). The molecule has 0 heterocycles. The Kier molecular flexibility index (Phi) is 8.46.